The molecule has 1 saturated carbocycles. The molecule has 1 aliphatic carbocycles. The molecule has 1 aromatic carbocycles. The summed E-state index contributed by atoms with van der Waals surface area (Å²) in [6.45, 7) is 2.20. The molecule has 1 aliphatic heterocycles. The molecule has 2 nitrogen and oxygen atoms in total. The van der Waals surface area contributed by atoms with Gasteiger partial charge in [0.05, 0.1) is 0 Å². The molecule has 0 radical (unpaired) electrons. The summed E-state index contributed by atoms with van der Waals surface area (Å²) in [5.41, 5.74) is 9.17. The normalized spacial score (nSPS) is 22.2. The summed E-state index contributed by atoms with van der Waals surface area (Å²) in [5, 5.41) is 0. The first-order chi connectivity index (χ1) is 6.77. The smallest absolute Gasteiger partial charge is 0.0400 e. The van der Waals surface area contributed by atoms with Crippen LogP contribution in [0.5, 0.6) is 0 Å². The molecule has 3 rings (SSSR count). The number of nitrogens with two attached hydrogens (primary N) is 1. The van der Waals surface area contributed by atoms with Gasteiger partial charge in [0.25, 0.3) is 0 Å². The van der Waals surface area contributed by atoms with Gasteiger partial charge in [0.15, 0.2) is 0 Å². The first kappa shape index (κ1) is 8.30. The van der Waals surface area contributed by atoms with E-state index in [0.29, 0.717) is 0 Å². The summed E-state index contributed by atoms with van der Waals surface area (Å²) in [6, 6.07) is 8.68. The van der Waals surface area contributed by atoms with Crippen LogP contribution in [0.4, 0.5) is 5.69 Å². The lowest BCUT2D eigenvalue weighted by molar-refractivity contribution is 0.642. The zero-order valence-electron chi connectivity index (χ0n) is 8.37. The van der Waals surface area contributed by atoms with Gasteiger partial charge in [0, 0.05) is 24.3 Å². The minimum atomic E-state index is 0.136. The third kappa shape index (κ3) is 1.30. The average molecular weight is 188 g/mol. The van der Waals surface area contributed by atoms with Gasteiger partial charge in [-0.25, -0.2) is 0 Å². The number of hydrogen-bond acceptors (Lipinski definition) is 2. The molecule has 0 amide bonds. The van der Waals surface area contributed by atoms with Crippen LogP contribution in [0.25, 0.3) is 0 Å². The number of para-hydroxylation sites is 1. The van der Waals surface area contributed by atoms with E-state index in [1.165, 1.54) is 30.5 Å². The maximum atomic E-state index is 6.14. The molecule has 14 heavy (non-hydrogen) atoms. The van der Waals surface area contributed by atoms with Gasteiger partial charge < -0.3 is 10.6 Å². The molecular formula is C12H16N2. The van der Waals surface area contributed by atoms with Gasteiger partial charge >= 0.3 is 0 Å². The largest absolute Gasteiger partial charge is 0.369 e. The summed E-state index contributed by atoms with van der Waals surface area (Å²) in [5.74, 6) is 0. The van der Waals surface area contributed by atoms with Crippen LogP contribution in [-0.4, -0.2) is 18.6 Å². The van der Waals surface area contributed by atoms with Crippen LogP contribution in [0.1, 0.15) is 18.4 Å². The minimum Gasteiger partial charge on any atom is -0.369 e. The number of fused-ring (bicyclic) bond motifs is 1. The minimum absolute atomic E-state index is 0.136. The van der Waals surface area contributed by atoms with Crippen molar-refractivity contribution in [3.8, 4) is 0 Å². The maximum absolute atomic E-state index is 6.14. The van der Waals surface area contributed by atoms with Gasteiger partial charge in [-0.1, -0.05) is 18.2 Å². The van der Waals surface area contributed by atoms with Crippen LogP contribution in [0.2, 0.25) is 0 Å². The van der Waals surface area contributed by atoms with Crippen LogP contribution in [-0.2, 0) is 6.42 Å². The molecule has 1 heterocycles. The summed E-state index contributed by atoms with van der Waals surface area (Å²) in [4.78, 5) is 2.45. The third-order valence-electron chi connectivity index (χ3n) is 3.38. The fourth-order valence-corrected chi connectivity index (χ4v) is 2.27. The lowest BCUT2D eigenvalue weighted by Gasteiger charge is -2.23. The number of nitrogens with zero attached hydrogens (tertiary/aromatic N) is 1. The van der Waals surface area contributed by atoms with E-state index in [1.807, 2.05) is 0 Å². The Labute approximate surface area is 84.7 Å². The standard InChI is InChI=1S/C12H16N2/c13-12(6-7-12)9-14-8-5-10-3-1-2-4-11(10)14/h1-4H,5-9,13H2. The Morgan fingerprint density at radius 2 is 2.07 bits per heavy atom. The molecule has 74 valence electrons. The van der Waals surface area contributed by atoms with Crippen molar-refractivity contribution < 1.29 is 0 Å². The fourth-order valence-electron chi connectivity index (χ4n) is 2.27. The van der Waals surface area contributed by atoms with Crippen LogP contribution < -0.4 is 10.6 Å². The molecule has 2 N–H and O–H groups in total. The van der Waals surface area contributed by atoms with Gasteiger partial charge in [0.1, 0.15) is 0 Å². The second-order valence-electron chi connectivity index (χ2n) is 4.66. The van der Waals surface area contributed by atoms with Gasteiger partial charge in [-0.15, -0.1) is 0 Å². The first-order valence-electron chi connectivity index (χ1n) is 5.39. The molecule has 2 heteroatoms. The molecule has 2 aliphatic rings. The Balaban J connectivity index is 1.83. The maximum Gasteiger partial charge on any atom is 0.0400 e. The molecule has 0 unspecified atom stereocenters. The van der Waals surface area contributed by atoms with Crippen molar-refractivity contribution in [2.75, 3.05) is 18.0 Å². The highest BCUT2D eigenvalue weighted by molar-refractivity contribution is 5.58. The third-order valence-corrected chi connectivity index (χ3v) is 3.38. The predicted octanol–water partition coefficient (Wildman–Crippen LogP) is 1.54. The topological polar surface area (TPSA) is 29.3 Å². The van der Waals surface area contributed by atoms with E-state index in [-0.39, 0.29) is 5.54 Å². The van der Waals surface area contributed by atoms with E-state index >= 15 is 0 Å². The Morgan fingerprint density at radius 3 is 2.86 bits per heavy atom. The molecular weight excluding hydrogens is 172 g/mol. The molecule has 0 atom stereocenters. The SMILES string of the molecule is NC1(CN2CCc3ccccc32)CC1. The fraction of sp³-hybridized carbons (Fsp3) is 0.500. The van der Waals surface area contributed by atoms with Crippen molar-refractivity contribution >= 4 is 5.69 Å². The van der Waals surface area contributed by atoms with Gasteiger partial charge in [-0.2, -0.15) is 0 Å². The van der Waals surface area contributed by atoms with Crippen LogP contribution in [0.15, 0.2) is 24.3 Å². The van der Waals surface area contributed by atoms with E-state index in [4.69, 9.17) is 5.73 Å². The number of anilines is 1. The second-order valence-corrected chi connectivity index (χ2v) is 4.66. The highest BCUT2D eigenvalue weighted by Crippen LogP contribution is 2.36. The highest BCUT2D eigenvalue weighted by atomic mass is 15.2. The number of rotatable bonds is 2. The number of hydrogen-bond donors (Lipinski definition) is 1. The lowest BCUT2D eigenvalue weighted by Crippen LogP contribution is -2.38. The summed E-state index contributed by atoms with van der Waals surface area (Å²) in [6.07, 6.45) is 3.59. The lowest BCUT2D eigenvalue weighted by atomic mass is 10.2. The van der Waals surface area contributed by atoms with Gasteiger partial charge in [0.2, 0.25) is 0 Å². The van der Waals surface area contributed by atoms with Crippen molar-refractivity contribution in [3.05, 3.63) is 29.8 Å². The Hall–Kier alpha value is -1.02. The van der Waals surface area contributed by atoms with Gasteiger partial charge in [-0.05, 0) is 30.9 Å². The van der Waals surface area contributed by atoms with E-state index in [1.54, 1.807) is 0 Å². The summed E-state index contributed by atoms with van der Waals surface area (Å²) in [7, 11) is 0. The predicted molar refractivity (Wildman–Crippen MR) is 58.5 cm³/mol. The molecule has 1 aromatic rings. The summed E-state index contributed by atoms with van der Waals surface area (Å²) >= 11 is 0. The summed E-state index contributed by atoms with van der Waals surface area (Å²) < 4.78 is 0. The Kier molecular flexibility index (Phi) is 1.62. The molecule has 1 fully saturated rings. The quantitative estimate of drug-likeness (QED) is 0.762. The highest BCUT2D eigenvalue weighted by Gasteiger charge is 2.40. The van der Waals surface area contributed by atoms with Crippen molar-refractivity contribution in [2.45, 2.75) is 24.8 Å². The average Bonchev–Trinajstić information content (AvgIpc) is 2.77. The Bertz CT molecular complexity index is 355. The van der Waals surface area contributed by atoms with Crippen molar-refractivity contribution in [3.63, 3.8) is 0 Å². The van der Waals surface area contributed by atoms with Crippen LogP contribution >= 0.6 is 0 Å². The van der Waals surface area contributed by atoms with Crippen molar-refractivity contribution in [1.29, 1.82) is 0 Å². The van der Waals surface area contributed by atoms with Gasteiger partial charge in [-0.3, -0.25) is 0 Å². The number of benzene rings is 1. The molecule has 0 aromatic heterocycles. The monoisotopic (exact) mass is 188 g/mol. The van der Waals surface area contributed by atoms with Crippen molar-refractivity contribution in [2.24, 2.45) is 5.73 Å². The van der Waals surface area contributed by atoms with E-state index < -0.39 is 0 Å². The second kappa shape index (κ2) is 2.74. The van der Waals surface area contributed by atoms with Crippen molar-refractivity contribution in [1.82, 2.24) is 0 Å². The molecule has 0 bridgehead atoms. The molecule has 0 saturated heterocycles. The van der Waals surface area contributed by atoms with E-state index in [2.05, 4.69) is 29.2 Å². The first-order valence-corrected chi connectivity index (χ1v) is 5.39. The zero-order valence-corrected chi connectivity index (χ0v) is 8.37. The van der Waals surface area contributed by atoms with E-state index in [9.17, 15) is 0 Å². The van der Waals surface area contributed by atoms with Crippen LogP contribution in [0.3, 0.4) is 0 Å². The Morgan fingerprint density at radius 1 is 1.29 bits per heavy atom. The zero-order chi connectivity index (χ0) is 9.60. The molecule has 0 spiro atoms. The van der Waals surface area contributed by atoms with Crippen LogP contribution in [0, 0.1) is 0 Å². The van der Waals surface area contributed by atoms with E-state index in [0.717, 1.165) is 13.1 Å².